The molecule has 1 atom stereocenters. The van der Waals surface area contributed by atoms with E-state index in [0.29, 0.717) is 5.69 Å². The standard InChI is InChI=1S/C17H14F2N2O3/c1-8-3-4-10(18)7-13(8)21-17-20-12-6-5-11(9(2)16(22)23)14(19)15(12)24-17/h3-7,9H,1-2H3,(H,20,21)(H,22,23). The van der Waals surface area contributed by atoms with Crippen LogP contribution in [0.3, 0.4) is 0 Å². The van der Waals surface area contributed by atoms with E-state index in [4.69, 9.17) is 9.52 Å². The number of aliphatic carboxylic acids is 1. The van der Waals surface area contributed by atoms with Gasteiger partial charge in [-0.15, -0.1) is 0 Å². The maximum absolute atomic E-state index is 14.5. The highest BCUT2D eigenvalue weighted by molar-refractivity contribution is 5.81. The number of hydrogen-bond donors (Lipinski definition) is 2. The van der Waals surface area contributed by atoms with Crippen LogP contribution in [-0.2, 0) is 4.79 Å². The Kier molecular flexibility index (Phi) is 3.92. The molecular weight excluding hydrogens is 318 g/mol. The Morgan fingerprint density at radius 1 is 1.29 bits per heavy atom. The van der Waals surface area contributed by atoms with Gasteiger partial charge in [0.25, 0.3) is 6.01 Å². The van der Waals surface area contributed by atoms with E-state index < -0.39 is 23.5 Å². The van der Waals surface area contributed by atoms with Crippen LogP contribution in [-0.4, -0.2) is 16.1 Å². The molecule has 0 radical (unpaired) electrons. The van der Waals surface area contributed by atoms with Crippen molar-refractivity contribution in [2.24, 2.45) is 0 Å². The van der Waals surface area contributed by atoms with Crippen molar-refractivity contribution >= 4 is 28.8 Å². The van der Waals surface area contributed by atoms with Gasteiger partial charge in [-0.05, 0) is 37.6 Å². The summed E-state index contributed by atoms with van der Waals surface area (Å²) in [5, 5.41) is 11.8. The molecule has 3 rings (SSSR count). The molecule has 1 aromatic heterocycles. The van der Waals surface area contributed by atoms with Crippen molar-refractivity contribution in [3.8, 4) is 0 Å². The van der Waals surface area contributed by atoms with Crippen LogP contribution in [0.15, 0.2) is 34.7 Å². The number of benzene rings is 2. The molecule has 0 spiro atoms. The molecule has 0 bridgehead atoms. The van der Waals surface area contributed by atoms with Gasteiger partial charge in [0.1, 0.15) is 11.3 Å². The fourth-order valence-electron chi connectivity index (χ4n) is 2.34. The number of carboxylic acids is 1. The van der Waals surface area contributed by atoms with Crippen LogP contribution in [0.5, 0.6) is 0 Å². The fraction of sp³-hybridized carbons (Fsp3) is 0.176. The van der Waals surface area contributed by atoms with E-state index in [-0.39, 0.29) is 22.7 Å². The molecule has 0 saturated heterocycles. The quantitative estimate of drug-likeness (QED) is 0.743. The highest BCUT2D eigenvalue weighted by Crippen LogP contribution is 2.30. The van der Waals surface area contributed by atoms with Crippen molar-refractivity contribution in [1.29, 1.82) is 0 Å². The van der Waals surface area contributed by atoms with Crippen LogP contribution in [0, 0.1) is 18.6 Å². The Balaban J connectivity index is 2.01. The number of nitrogens with zero attached hydrogens (tertiary/aromatic N) is 1. The van der Waals surface area contributed by atoms with Crippen LogP contribution in [0.1, 0.15) is 24.0 Å². The number of oxazole rings is 1. The van der Waals surface area contributed by atoms with Gasteiger partial charge in [0, 0.05) is 11.3 Å². The van der Waals surface area contributed by atoms with Gasteiger partial charge < -0.3 is 14.8 Å². The van der Waals surface area contributed by atoms with Gasteiger partial charge in [-0.25, -0.2) is 8.78 Å². The van der Waals surface area contributed by atoms with Crippen molar-refractivity contribution in [2.75, 3.05) is 5.32 Å². The molecule has 124 valence electrons. The molecular formula is C17H14F2N2O3. The third kappa shape index (κ3) is 2.80. The van der Waals surface area contributed by atoms with Gasteiger partial charge in [-0.1, -0.05) is 12.1 Å². The summed E-state index contributed by atoms with van der Waals surface area (Å²) in [5.74, 6) is -3.34. The van der Waals surface area contributed by atoms with Crippen molar-refractivity contribution in [1.82, 2.24) is 4.98 Å². The van der Waals surface area contributed by atoms with E-state index in [0.717, 1.165) is 5.56 Å². The molecule has 0 aliphatic carbocycles. The van der Waals surface area contributed by atoms with Crippen molar-refractivity contribution < 1.29 is 23.1 Å². The molecule has 3 aromatic rings. The summed E-state index contributed by atoms with van der Waals surface area (Å²) in [6.07, 6.45) is 0. The molecule has 0 aliphatic rings. The summed E-state index contributed by atoms with van der Waals surface area (Å²) >= 11 is 0. The minimum absolute atomic E-state index is 0.00210. The first-order valence-electron chi connectivity index (χ1n) is 7.21. The number of hydrogen-bond acceptors (Lipinski definition) is 4. The molecule has 5 nitrogen and oxygen atoms in total. The lowest BCUT2D eigenvalue weighted by molar-refractivity contribution is -0.138. The van der Waals surface area contributed by atoms with Gasteiger partial charge in [-0.3, -0.25) is 4.79 Å². The second-order valence-electron chi connectivity index (χ2n) is 5.48. The number of anilines is 2. The third-order valence-electron chi connectivity index (χ3n) is 3.81. The second-order valence-corrected chi connectivity index (χ2v) is 5.48. The Bertz CT molecular complexity index is 937. The summed E-state index contributed by atoms with van der Waals surface area (Å²) in [7, 11) is 0. The molecule has 0 fully saturated rings. The lowest BCUT2D eigenvalue weighted by Crippen LogP contribution is -2.09. The number of aromatic nitrogens is 1. The van der Waals surface area contributed by atoms with Crippen LogP contribution < -0.4 is 5.32 Å². The van der Waals surface area contributed by atoms with E-state index in [9.17, 15) is 13.6 Å². The van der Waals surface area contributed by atoms with Crippen LogP contribution in [0.25, 0.3) is 11.1 Å². The van der Waals surface area contributed by atoms with Gasteiger partial charge >= 0.3 is 5.97 Å². The summed E-state index contributed by atoms with van der Waals surface area (Å²) < 4.78 is 33.2. The van der Waals surface area contributed by atoms with Gasteiger partial charge in [0.05, 0.1) is 5.92 Å². The molecule has 2 N–H and O–H groups in total. The van der Waals surface area contributed by atoms with E-state index in [2.05, 4.69) is 10.3 Å². The Morgan fingerprint density at radius 2 is 2.04 bits per heavy atom. The van der Waals surface area contributed by atoms with Crippen LogP contribution >= 0.6 is 0 Å². The van der Waals surface area contributed by atoms with Crippen molar-refractivity contribution in [2.45, 2.75) is 19.8 Å². The summed E-state index contributed by atoms with van der Waals surface area (Å²) in [6, 6.07) is 7.05. The SMILES string of the molecule is Cc1ccc(F)cc1Nc1nc2ccc(C(C)C(=O)O)c(F)c2o1. The monoisotopic (exact) mass is 332 g/mol. The third-order valence-corrected chi connectivity index (χ3v) is 3.81. The normalized spacial score (nSPS) is 12.3. The number of halogens is 2. The fourth-order valence-corrected chi connectivity index (χ4v) is 2.34. The summed E-state index contributed by atoms with van der Waals surface area (Å²) in [4.78, 5) is 15.1. The largest absolute Gasteiger partial charge is 0.481 e. The molecule has 24 heavy (non-hydrogen) atoms. The molecule has 2 aromatic carbocycles. The summed E-state index contributed by atoms with van der Waals surface area (Å²) in [5.41, 5.74) is 1.32. The molecule has 1 unspecified atom stereocenters. The van der Waals surface area contributed by atoms with Crippen molar-refractivity contribution in [3.63, 3.8) is 0 Å². The van der Waals surface area contributed by atoms with Crippen LogP contribution in [0.4, 0.5) is 20.5 Å². The Labute approximate surface area is 135 Å². The average Bonchev–Trinajstić information content (AvgIpc) is 2.94. The number of fused-ring (bicyclic) bond motifs is 1. The number of rotatable bonds is 4. The molecule has 7 heteroatoms. The zero-order valence-corrected chi connectivity index (χ0v) is 12.9. The maximum atomic E-state index is 14.5. The maximum Gasteiger partial charge on any atom is 0.310 e. The van der Waals surface area contributed by atoms with Gasteiger partial charge in [-0.2, -0.15) is 4.98 Å². The Morgan fingerprint density at radius 3 is 2.75 bits per heavy atom. The highest BCUT2D eigenvalue weighted by atomic mass is 19.1. The number of nitrogens with one attached hydrogen (secondary N) is 1. The smallest absolute Gasteiger partial charge is 0.310 e. The minimum Gasteiger partial charge on any atom is -0.481 e. The summed E-state index contributed by atoms with van der Waals surface area (Å²) in [6.45, 7) is 3.16. The second kappa shape index (κ2) is 5.92. The van der Waals surface area contributed by atoms with E-state index in [1.807, 2.05) is 0 Å². The van der Waals surface area contributed by atoms with E-state index in [1.54, 1.807) is 13.0 Å². The first kappa shape index (κ1) is 15.9. The number of carboxylic acid groups (broad SMARTS) is 1. The minimum atomic E-state index is -1.14. The van der Waals surface area contributed by atoms with Gasteiger partial charge in [0.2, 0.25) is 0 Å². The predicted molar refractivity (Wildman–Crippen MR) is 84.4 cm³/mol. The van der Waals surface area contributed by atoms with Gasteiger partial charge in [0.15, 0.2) is 11.4 Å². The lowest BCUT2D eigenvalue weighted by Gasteiger charge is -2.07. The zero-order valence-electron chi connectivity index (χ0n) is 12.9. The lowest BCUT2D eigenvalue weighted by atomic mass is 10.0. The molecule has 0 saturated carbocycles. The van der Waals surface area contributed by atoms with Crippen molar-refractivity contribution in [3.05, 3.63) is 53.1 Å². The molecule has 0 amide bonds. The van der Waals surface area contributed by atoms with E-state index in [1.165, 1.54) is 31.2 Å². The first-order valence-corrected chi connectivity index (χ1v) is 7.21. The average molecular weight is 332 g/mol. The predicted octanol–water partition coefficient (Wildman–Crippen LogP) is 4.35. The molecule has 1 heterocycles. The van der Waals surface area contributed by atoms with E-state index >= 15 is 0 Å². The topological polar surface area (TPSA) is 75.4 Å². The zero-order chi connectivity index (χ0) is 17.4. The first-order chi connectivity index (χ1) is 11.4. The number of aryl methyl sites for hydroxylation is 1. The highest BCUT2D eigenvalue weighted by Gasteiger charge is 2.22. The molecule has 0 aliphatic heterocycles. The number of carbonyl (C=O) groups is 1. The van der Waals surface area contributed by atoms with Crippen LogP contribution in [0.2, 0.25) is 0 Å². The Hall–Kier alpha value is -2.96.